The summed E-state index contributed by atoms with van der Waals surface area (Å²) in [7, 11) is -1.94. The van der Waals surface area contributed by atoms with Crippen molar-refractivity contribution >= 4 is 60.0 Å². The number of sulfonamides is 1. The number of aliphatic hydroxyl groups excluding tert-OH is 1. The van der Waals surface area contributed by atoms with Gasteiger partial charge in [-0.1, -0.05) is 25.2 Å². The first kappa shape index (κ1) is 32.2. The molecular formula is C26H37N7O6S3. The van der Waals surface area contributed by atoms with Gasteiger partial charge in [-0.15, -0.1) is 11.3 Å². The fourth-order valence-corrected chi connectivity index (χ4v) is 7.49. The van der Waals surface area contributed by atoms with Crippen molar-refractivity contribution in [3.8, 4) is 0 Å². The number of hydrogen-bond acceptors (Lipinski definition) is 12. The van der Waals surface area contributed by atoms with Gasteiger partial charge in [-0.2, -0.15) is 4.31 Å². The lowest BCUT2D eigenvalue weighted by molar-refractivity contribution is -0.117. The topological polar surface area (TPSA) is 157 Å². The van der Waals surface area contributed by atoms with E-state index in [4.69, 9.17) is 4.74 Å². The first-order valence-electron chi connectivity index (χ1n) is 13.6. The van der Waals surface area contributed by atoms with Gasteiger partial charge in [0.15, 0.2) is 5.13 Å². The molecule has 0 unspecified atom stereocenters. The Labute approximate surface area is 253 Å². The Morgan fingerprint density at radius 1 is 1.19 bits per heavy atom. The predicted octanol–water partition coefficient (Wildman–Crippen LogP) is 1.87. The van der Waals surface area contributed by atoms with Crippen LogP contribution >= 0.6 is 22.7 Å². The summed E-state index contributed by atoms with van der Waals surface area (Å²) in [6, 6.07) is 4.62. The number of likely N-dealkylation sites (N-methyl/N-ethyl adjacent to an activating group) is 1. The van der Waals surface area contributed by atoms with E-state index < -0.39 is 22.2 Å². The van der Waals surface area contributed by atoms with Crippen LogP contribution in [-0.2, 0) is 26.2 Å². The molecule has 3 aromatic rings. The molecule has 4 rings (SSSR count). The van der Waals surface area contributed by atoms with Crippen LogP contribution in [0.5, 0.6) is 0 Å². The van der Waals surface area contributed by atoms with E-state index in [0.29, 0.717) is 15.3 Å². The number of piperazine rings is 1. The Balaban J connectivity index is 1.37. The summed E-state index contributed by atoms with van der Waals surface area (Å²) in [5.74, 6) is -0.178. The Bertz CT molecular complexity index is 1440. The third-order valence-corrected chi connectivity index (χ3v) is 10.0. The zero-order valence-corrected chi connectivity index (χ0v) is 26.3. The summed E-state index contributed by atoms with van der Waals surface area (Å²) >= 11 is 2.56. The van der Waals surface area contributed by atoms with Gasteiger partial charge in [0.2, 0.25) is 15.9 Å². The van der Waals surface area contributed by atoms with Crippen LogP contribution in [0, 0.1) is 5.92 Å². The number of carbonyl (C=O) groups is 2. The van der Waals surface area contributed by atoms with E-state index in [0.717, 1.165) is 31.1 Å². The normalized spacial score (nSPS) is 15.8. The quantitative estimate of drug-likeness (QED) is 0.252. The van der Waals surface area contributed by atoms with E-state index in [2.05, 4.69) is 37.4 Å². The van der Waals surface area contributed by atoms with E-state index in [1.54, 1.807) is 17.8 Å². The first-order valence-corrected chi connectivity index (χ1v) is 16.7. The minimum absolute atomic E-state index is 0.0152. The van der Waals surface area contributed by atoms with Crippen molar-refractivity contribution in [2.75, 3.05) is 64.7 Å². The molecular weight excluding hydrogens is 603 g/mol. The SMILES string of the molecule is CC(C)CN(C[C@@H](O)CNC(=O)OCc1cncs1)S(=O)(=O)c1ccc2nc(NC(=O)CN3CCN(C)CC3)sc2c1. The average Bonchev–Trinajstić information content (AvgIpc) is 3.60. The van der Waals surface area contributed by atoms with Crippen molar-refractivity contribution in [2.24, 2.45) is 5.92 Å². The number of fused-ring (bicyclic) bond motifs is 1. The van der Waals surface area contributed by atoms with E-state index in [1.807, 2.05) is 13.8 Å². The molecule has 0 bridgehead atoms. The number of amides is 2. The number of alkyl carbamates (subject to hydrolysis) is 1. The van der Waals surface area contributed by atoms with Gasteiger partial charge in [-0.05, 0) is 31.2 Å². The van der Waals surface area contributed by atoms with E-state index >= 15 is 0 Å². The molecule has 1 aliphatic heterocycles. The van der Waals surface area contributed by atoms with Crippen molar-refractivity contribution in [1.82, 2.24) is 29.4 Å². The number of rotatable bonds is 13. The summed E-state index contributed by atoms with van der Waals surface area (Å²) in [5.41, 5.74) is 2.20. The fraction of sp³-hybridized carbons (Fsp3) is 0.538. The maximum absolute atomic E-state index is 13.7. The van der Waals surface area contributed by atoms with Gasteiger partial charge in [-0.3, -0.25) is 14.7 Å². The smallest absolute Gasteiger partial charge is 0.407 e. The highest BCUT2D eigenvalue weighted by Crippen LogP contribution is 2.29. The van der Waals surface area contributed by atoms with Crippen LogP contribution in [0.3, 0.4) is 0 Å². The number of nitrogens with one attached hydrogen (secondary N) is 2. The number of benzene rings is 1. The lowest BCUT2D eigenvalue weighted by Gasteiger charge is -2.31. The third kappa shape index (κ3) is 9.13. The zero-order valence-electron chi connectivity index (χ0n) is 23.9. The fourth-order valence-electron chi connectivity index (χ4n) is 4.32. The van der Waals surface area contributed by atoms with Crippen LogP contribution in [0.2, 0.25) is 0 Å². The van der Waals surface area contributed by atoms with Crippen LogP contribution in [0.1, 0.15) is 18.7 Å². The predicted molar refractivity (Wildman–Crippen MR) is 162 cm³/mol. The molecule has 42 heavy (non-hydrogen) atoms. The minimum atomic E-state index is -3.99. The molecule has 1 aliphatic rings. The maximum Gasteiger partial charge on any atom is 0.407 e. The monoisotopic (exact) mass is 639 g/mol. The van der Waals surface area contributed by atoms with Crippen LogP contribution in [0.25, 0.3) is 10.2 Å². The molecule has 0 radical (unpaired) electrons. The second-order valence-electron chi connectivity index (χ2n) is 10.6. The molecule has 2 amide bonds. The van der Waals surface area contributed by atoms with Gasteiger partial charge in [0.1, 0.15) is 6.61 Å². The Kier molecular flexibility index (Phi) is 11.2. The van der Waals surface area contributed by atoms with Crippen LogP contribution in [0.4, 0.5) is 9.93 Å². The Hall–Kier alpha value is -2.73. The van der Waals surface area contributed by atoms with Crippen molar-refractivity contribution in [1.29, 1.82) is 0 Å². The standard InChI is InChI=1S/C26H37N7O6S3/c1-18(2)13-33(14-19(34)11-28-26(36)39-16-20-12-27-17-40-20)42(37,38)21-4-5-22-23(10-21)41-25(29-22)30-24(35)15-32-8-6-31(3)7-9-32/h4-5,10,12,17-19,34H,6-9,11,13-16H2,1-3H3,(H,28,36)(H,29,30,35)/t19-/m0/s1. The largest absolute Gasteiger partial charge is 0.444 e. The van der Waals surface area contributed by atoms with Crippen molar-refractivity contribution < 1.29 is 27.9 Å². The second-order valence-corrected chi connectivity index (χ2v) is 14.5. The van der Waals surface area contributed by atoms with Crippen LogP contribution in [-0.4, -0.2) is 115 Å². The number of thiazole rings is 2. The molecule has 0 spiro atoms. The van der Waals surface area contributed by atoms with Gasteiger partial charge < -0.3 is 25.4 Å². The number of nitrogens with zero attached hydrogens (tertiary/aromatic N) is 5. The van der Waals surface area contributed by atoms with Gasteiger partial charge in [0, 0.05) is 52.0 Å². The number of hydrogen-bond donors (Lipinski definition) is 3. The minimum Gasteiger partial charge on any atom is -0.444 e. The van der Waals surface area contributed by atoms with Crippen LogP contribution in [0.15, 0.2) is 34.8 Å². The molecule has 13 nitrogen and oxygen atoms in total. The molecule has 1 atom stereocenters. The Morgan fingerprint density at radius 2 is 1.95 bits per heavy atom. The van der Waals surface area contributed by atoms with Crippen molar-refractivity contribution in [3.05, 3.63) is 34.8 Å². The average molecular weight is 640 g/mol. The zero-order chi connectivity index (χ0) is 30.3. The van der Waals surface area contributed by atoms with Gasteiger partial charge in [0.05, 0.1) is 38.1 Å². The molecule has 0 aliphatic carbocycles. The number of anilines is 1. The second kappa shape index (κ2) is 14.6. The van der Waals surface area contributed by atoms with Crippen molar-refractivity contribution in [2.45, 2.75) is 31.5 Å². The molecule has 1 aromatic carbocycles. The third-order valence-electron chi connectivity index (χ3n) is 6.50. The molecule has 2 aromatic heterocycles. The summed E-state index contributed by atoms with van der Waals surface area (Å²) < 4.78 is 34.2. The number of ether oxygens (including phenoxy) is 1. The molecule has 16 heteroatoms. The maximum atomic E-state index is 13.7. The number of aromatic nitrogens is 2. The summed E-state index contributed by atoms with van der Waals surface area (Å²) in [6.07, 6.45) is -0.288. The highest BCUT2D eigenvalue weighted by Gasteiger charge is 2.28. The van der Waals surface area contributed by atoms with Crippen LogP contribution < -0.4 is 10.6 Å². The van der Waals surface area contributed by atoms with Gasteiger partial charge >= 0.3 is 6.09 Å². The summed E-state index contributed by atoms with van der Waals surface area (Å²) in [5, 5.41) is 16.3. The molecule has 0 saturated carbocycles. The Morgan fingerprint density at radius 3 is 2.64 bits per heavy atom. The molecule has 230 valence electrons. The lowest BCUT2D eigenvalue weighted by Crippen LogP contribution is -2.47. The number of carbonyl (C=O) groups excluding carboxylic acids is 2. The molecule has 3 N–H and O–H groups in total. The van der Waals surface area contributed by atoms with Gasteiger partial charge in [-0.25, -0.2) is 18.2 Å². The summed E-state index contributed by atoms with van der Waals surface area (Å²) in [6.45, 7) is 7.32. The number of aliphatic hydroxyl groups is 1. The highest BCUT2D eigenvalue weighted by atomic mass is 32.2. The first-order chi connectivity index (χ1) is 20.0. The van der Waals surface area contributed by atoms with E-state index in [9.17, 15) is 23.1 Å². The summed E-state index contributed by atoms with van der Waals surface area (Å²) in [4.78, 5) is 38.1. The van der Waals surface area contributed by atoms with E-state index in [1.165, 1.54) is 39.1 Å². The molecule has 1 saturated heterocycles. The molecule has 1 fully saturated rings. The van der Waals surface area contributed by atoms with E-state index in [-0.39, 0.29) is 49.5 Å². The highest BCUT2D eigenvalue weighted by molar-refractivity contribution is 7.89. The van der Waals surface area contributed by atoms with Gasteiger partial charge in [0.25, 0.3) is 0 Å². The lowest BCUT2D eigenvalue weighted by atomic mass is 10.2. The van der Waals surface area contributed by atoms with Crippen molar-refractivity contribution in [3.63, 3.8) is 0 Å². The molecule has 3 heterocycles.